The van der Waals surface area contributed by atoms with Crippen LogP contribution in [0.25, 0.3) is 0 Å². The maximum absolute atomic E-state index is 12.3. The van der Waals surface area contributed by atoms with Gasteiger partial charge in [-0.15, -0.1) is 0 Å². The van der Waals surface area contributed by atoms with Crippen LogP contribution in [0.2, 0.25) is 0 Å². The highest BCUT2D eigenvalue weighted by atomic mass is 16.4. The molecule has 3 aliphatic rings. The van der Waals surface area contributed by atoms with Crippen LogP contribution in [0.1, 0.15) is 43.4 Å². The number of piperidine rings is 1. The van der Waals surface area contributed by atoms with Gasteiger partial charge in [-0.25, -0.2) is 0 Å². The lowest BCUT2D eigenvalue weighted by molar-refractivity contribution is -0.142. The third-order valence-corrected chi connectivity index (χ3v) is 6.44. The molecule has 1 saturated carbocycles. The molecule has 1 spiro atoms. The molecular weight excluding hydrogens is 332 g/mol. The molecule has 0 radical (unpaired) electrons. The van der Waals surface area contributed by atoms with Crippen molar-refractivity contribution in [3.63, 3.8) is 0 Å². The monoisotopic (exact) mass is 360 g/mol. The summed E-state index contributed by atoms with van der Waals surface area (Å²) in [5.41, 5.74) is 2.08. The maximum atomic E-state index is 12.3. The summed E-state index contributed by atoms with van der Waals surface area (Å²) in [4.78, 5) is 28.3. The van der Waals surface area contributed by atoms with Gasteiger partial charge >= 0.3 is 5.97 Å². The molecule has 1 aliphatic carbocycles. The number of rotatable bonds is 4. The van der Waals surface area contributed by atoms with E-state index in [2.05, 4.69) is 10.00 Å². The Morgan fingerprint density at radius 1 is 1.31 bits per heavy atom. The molecule has 4 rings (SSSR count). The van der Waals surface area contributed by atoms with E-state index >= 15 is 0 Å². The van der Waals surface area contributed by atoms with Crippen molar-refractivity contribution >= 4 is 11.9 Å². The fourth-order valence-electron chi connectivity index (χ4n) is 4.73. The van der Waals surface area contributed by atoms with Crippen LogP contribution in [0.4, 0.5) is 0 Å². The molecule has 7 heteroatoms. The van der Waals surface area contributed by atoms with Crippen molar-refractivity contribution in [2.24, 2.45) is 18.4 Å². The third kappa shape index (κ3) is 3.24. The van der Waals surface area contributed by atoms with E-state index in [0.29, 0.717) is 18.9 Å². The van der Waals surface area contributed by atoms with E-state index in [-0.39, 0.29) is 11.3 Å². The van der Waals surface area contributed by atoms with Crippen molar-refractivity contribution in [3.8, 4) is 0 Å². The number of aryl methyl sites for hydroxylation is 2. The smallest absolute Gasteiger partial charge is 0.320 e. The Balaban J connectivity index is 1.45. The van der Waals surface area contributed by atoms with Crippen molar-refractivity contribution in [1.82, 2.24) is 19.6 Å². The molecule has 0 unspecified atom stereocenters. The Kier molecular flexibility index (Phi) is 4.29. The standard InChI is InChI=1S/C19H28N4O3/c1-13-15(10-21(2)20-13)11-23-12-19(9-16(23)18(25)26)5-7-22(8-6-19)17(24)14-3-4-14/h10,14,16H,3-9,11-12H2,1-2H3,(H,25,26)/t16-/m1/s1. The normalized spacial score (nSPS) is 25.8. The van der Waals surface area contributed by atoms with Gasteiger partial charge in [-0.1, -0.05) is 0 Å². The Morgan fingerprint density at radius 2 is 2.00 bits per heavy atom. The summed E-state index contributed by atoms with van der Waals surface area (Å²) in [6.45, 7) is 4.95. The second-order valence-electron chi connectivity index (χ2n) is 8.48. The zero-order chi connectivity index (χ0) is 18.5. The molecule has 1 N–H and O–H groups in total. The summed E-state index contributed by atoms with van der Waals surface area (Å²) in [6, 6.07) is -0.444. The van der Waals surface area contributed by atoms with Gasteiger partial charge < -0.3 is 10.0 Å². The zero-order valence-electron chi connectivity index (χ0n) is 15.6. The molecule has 1 atom stereocenters. The van der Waals surface area contributed by atoms with Crippen LogP contribution >= 0.6 is 0 Å². The van der Waals surface area contributed by atoms with Crippen LogP contribution in [0.5, 0.6) is 0 Å². The Labute approximate surface area is 153 Å². The molecule has 2 aliphatic heterocycles. The van der Waals surface area contributed by atoms with Crippen molar-refractivity contribution in [2.75, 3.05) is 19.6 Å². The first-order chi connectivity index (χ1) is 12.4. The van der Waals surface area contributed by atoms with Crippen LogP contribution in [0, 0.1) is 18.3 Å². The van der Waals surface area contributed by atoms with Crippen molar-refractivity contribution in [1.29, 1.82) is 0 Å². The van der Waals surface area contributed by atoms with Gasteiger partial charge in [-0.05, 0) is 44.4 Å². The van der Waals surface area contributed by atoms with Crippen molar-refractivity contribution in [2.45, 2.75) is 51.6 Å². The summed E-state index contributed by atoms with van der Waals surface area (Å²) in [7, 11) is 1.89. The van der Waals surface area contributed by atoms with E-state index < -0.39 is 12.0 Å². The topological polar surface area (TPSA) is 78.7 Å². The highest BCUT2D eigenvalue weighted by Gasteiger charge is 2.49. The quantitative estimate of drug-likeness (QED) is 0.878. The zero-order valence-corrected chi connectivity index (χ0v) is 15.6. The lowest BCUT2D eigenvalue weighted by atomic mass is 9.76. The third-order valence-electron chi connectivity index (χ3n) is 6.44. The number of hydrogen-bond acceptors (Lipinski definition) is 4. The average molecular weight is 360 g/mol. The lowest BCUT2D eigenvalue weighted by Gasteiger charge is -2.39. The number of aromatic nitrogens is 2. The van der Waals surface area contributed by atoms with Crippen LogP contribution in [-0.2, 0) is 23.2 Å². The molecule has 3 fully saturated rings. The molecule has 1 amide bonds. The van der Waals surface area contributed by atoms with Crippen LogP contribution in [0.15, 0.2) is 6.20 Å². The highest BCUT2D eigenvalue weighted by molar-refractivity contribution is 5.81. The highest BCUT2D eigenvalue weighted by Crippen LogP contribution is 2.45. The second-order valence-corrected chi connectivity index (χ2v) is 8.48. The van der Waals surface area contributed by atoms with Crippen LogP contribution < -0.4 is 0 Å². The van der Waals surface area contributed by atoms with Gasteiger partial charge in [-0.2, -0.15) is 5.10 Å². The summed E-state index contributed by atoms with van der Waals surface area (Å²) in [5.74, 6) is -0.153. The lowest BCUT2D eigenvalue weighted by Crippen LogP contribution is -2.44. The summed E-state index contributed by atoms with van der Waals surface area (Å²) in [5, 5.41) is 14.1. The first-order valence-electron chi connectivity index (χ1n) is 9.62. The largest absolute Gasteiger partial charge is 0.480 e. The maximum Gasteiger partial charge on any atom is 0.320 e. The summed E-state index contributed by atoms with van der Waals surface area (Å²) >= 11 is 0. The van der Waals surface area contributed by atoms with E-state index in [0.717, 1.165) is 56.6 Å². The molecule has 3 heterocycles. The molecule has 1 aromatic heterocycles. The fraction of sp³-hybridized carbons (Fsp3) is 0.737. The second kappa shape index (κ2) is 6.37. The molecule has 0 aromatic carbocycles. The van der Waals surface area contributed by atoms with Gasteiger partial charge in [0.15, 0.2) is 0 Å². The Morgan fingerprint density at radius 3 is 2.54 bits per heavy atom. The molecular formula is C19H28N4O3. The SMILES string of the molecule is Cc1nn(C)cc1CN1CC2(CCN(C(=O)C3CC3)CC2)C[C@@H]1C(=O)O. The van der Waals surface area contributed by atoms with Gasteiger partial charge in [-0.3, -0.25) is 19.2 Å². The number of amides is 1. The van der Waals surface area contributed by atoms with E-state index in [1.165, 1.54) is 0 Å². The molecule has 1 aromatic rings. The number of aliphatic carboxylic acids is 1. The predicted molar refractivity (Wildman–Crippen MR) is 95.4 cm³/mol. The molecule has 26 heavy (non-hydrogen) atoms. The number of carbonyl (C=O) groups excluding carboxylic acids is 1. The van der Waals surface area contributed by atoms with Crippen molar-refractivity contribution < 1.29 is 14.7 Å². The summed E-state index contributed by atoms with van der Waals surface area (Å²) in [6.07, 6.45) is 6.58. The summed E-state index contributed by atoms with van der Waals surface area (Å²) < 4.78 is 1.79. The minimum atomic E-state index is -0.736. The van der Waals surface area contributed by atoms with Crippen LogP contribution in [0.3, 0.4) is 0 Å². The van der Waals surface area contributed by atoms with Gasteiger partial charge in [0.05, 0.1) is 5.69 Å². The van der Waals surface area contributed by atoms with E-state index in [9.17, 15) is 14.7 Å². The Hall–Kier alpha value is -1.89. The first-order valence-corrected chi connectivity index (χ1v) is 9.62. The van der Waals surface area contributed by atoms with Gasteiger partial charge in [0.2, 0.25) is 5.91 Å². The number of carbonyl (C=O) groups is 2. The van der Waals surface area contributed by atoms with Crippen LogP contribution in [-0.4, -0.2) is 62.2 Å². The predicted octanol–water partition coefficient (Wildman–Crippen LogP) is 1.41. The molecule has 0 bridgehead atoms. The molecule has 2 saturated heterocycles. The van der Waals surface area contributed by atoms with Gasteiger partial charge in [0, 0.05) is 50.9 Å². The first kappa shape index (κ1) is 17.5. The minimum Gasteiger partial charge on any atom is -0.480 e. The average Bonchev–Trinajstić information content (AvgIpc) is 3.31. The van der Waals surface area contributed by atoms with E-state index in [1.54, 1.807) is 4.68 Å². The molecule has 142 valence electrons. The number of hydrogen-bond donors (Lipinski definition) is 1. The number of likely N-dealkylation sites (tertiary alicyclic amines) is 2. The van der Waals surface area contributed by atoms with Crippen molar-refractivity contribution in [3.05, 3.63) is 17.5 Å². The van der Waals surface area contributed by atoms with E-state index in [1.807, 2.05) is 25.1 Å². The fourth-order valence-corrected chi connectivity index (χ4v) is 4.73. The number of nitrogens with zero attached hydrogens (tertiary/aromatic N) is 4. The number of carboxylic acids is 1. The van der Waals surface area contributed by atoms with E-state index in [4.69, 9.17) is 0 Å². The number of carboxylic acid groups (broad SMARTS) is 1. The minimum absolute atomic E-state index is 0.0273. The van der Waals surface area contributed by atoms with Gasteiger partial charge in [0.1, 0.15) is 6.04 Å². The van der Waals surface area contributed by atoms with Gasteiger partial charge in [0.25, 0.3) is 0 Å². The Bertz CT molecular complexity index is 716. The molecule has 7 nitrogen and oxygen atoms in total.